The van der Waals surface area contributed by atoms with Gasteiger partial charge in [-0.3, -0.25) is 9.11 Å². The SMILES string of the molecule is COCOc1cc(-c2nc3c4c(nc(S(C)=O)nc4c2F)N2C[C@H]4CC[C@@H]([C@H]2[C@H](C)O3)N4C(=O)OC(C)(C)C)c2c(C#C[Si](C(C)C)(C(C)C)C(C)C)c(F)ccc2c1. The van der Waals surface area contributed by atoms with Crippen molar-refractivity contribution in [1.29, 1.82) is 0 Å². The maximum absolute atomic E-state index is 17.7. The van der Waals surface area contributed by atoms with Crippen LogP contribution in [0.3, 0.4) is 0 Å². The van der Waals surface area contributed by atoms with E-state index in [1.165, 1.54) is 19.4 Å². The van der Waals surface area contributed by atoms with Gasteiger partial charge in [-0.1, -0.05) is 53.5 Å². The van der Waals surface area contributed by atoms with Crippen molar-refractivity contribution in [2.24, 2.45) is 0 Å². The first-order chi connectivity index (χ1) is 27.8. The minimum Gasteiger partial charge on any atom is -0.472 e. The van der Waals surface area contributed by atoms with Crippen molar-refractivity contribution in [2.45, 2.75) is 134 Å². The van der Waals surface area contributed by atoms with Gasteiger partial charge in [0, 0.05) is 30.9 Å². The molecule has 3 aliphatic heterocycles. The Kier molecular flexibility index (Phi) is 11.5. The molecular formula is C44H55F2N5O6SSi. The van der Waals surface area contributed by atoms with Crippen LogP contribution in [0.5, 0.6) is 11.6 Å². The molecular weight excluding hydrogens is 793 g/mol. The molecule has 4 aromatic rings. The lowest BCUT2D eigenvalue weighted by Gasteiger charge is -2.48. The van der Waals surface area contributed by atoms with Gasteiger partial charge in [-0.15, -0.1) is 5.54 Å². The van der Waals surface area contributed by atoms with Crippen LogP contribution in [0.4, 0.5) is 19.4 Å². The summed E-state index contributed by atoms with van der Waals surface area (Å²) in [5, 5.41) is 1.07. The second kappa shape index (κ2) is 15.9. The lowest BCUT2D eigenvalue weighted by atomic mass is 9.95. The number of ether oxygens (including phenoxy) is 4. The number of rotatable bonds is 8. The topological polar surface area (TPSA) is 116 Å². The molecule has 2 bridgehead atoms. The summed E-state index contributed by atoms with van der Waals surface area (Å²) in [4.78, 5) is 31.8. The molecule has 5 atom stereocenters. The third-order valence-corrected chi connectivity index (χ3v) is 19.2. The zero-order valence-corrected chi connectivity index (χ0v) is 37.8. The predicted molar refractivity (Wildman–Crippen MR) is 229 cm³/mol. The van der Waals surface area contributed by atoms with Gasteiger partial charge in [0.1, 0.15) is 53.8 Å². The largest absolute Gasteiger partial charge is 0.472 e. The first-order valence-corrected chi connectivity index (χ1v) is 24.2. The van der Waals surface area contributed by atoms with Crippen LogP contribution in [-0.2, 0) is 20.3 Å². The molecule has 2 fully saturated rings. The van der Waals surface area contributed by atoms with Crippen molar-refractivity contribution in [3.05, 3.63) is 41.5 Å². The second-order valence-corrected chi connectivity index (χ2v) is 24.8. The third kappa shape index (κ3) is 7.43. The Morgan fingerprint density at radius 2 is 1.73 bits per heavy atom. The van der Waals surface area contributed by atoms with Gasteiger partial charge in [-0.25, -0.2) is 28.5 Å². The number of benzene rings is 2. The molecule has 2 saturated heterocycles. The van der Waals surface area contributed by atoms with E-state index in [1.807, 2.05) is 37.5 Å². The fourth-order valence-corrected chi connectivity index (χ4v) is 15.5. The first kappa shape index (κ1) is 42.7. The highest BCUT2D eigenvalue weighted by Gasteiger charge is 2.54. The van der Waals surface area contributed by atoms with E-state index in [2.05, 4.69) is 58.0 Å². The number of anilines is 1. The number of carbonyl (C=O) groups excluding carboxylic acids is 1. The molecule has 0 saturated carbocycles. The summed E-state index contributed by atoms with van der Waals surface area (Å²) in [5.41, 5.74) is 3.86. The molecule has 316 valence electrons. The Hall–Kier alpha value is -4.39. The van der Waals surface area contributed by atoms with E-state index in [0.29, 0.717) is 35.3 Å². The molecule has 0 aliphatic carbocycles. The summed E-state index contributed by atoms with van der Waals surface area (Å²) in [6.07, 6.45) is 1.87. The van der Waals surface area contributed by atoms with Gasteiger partial charge in [0.25, 0.3) is 0 Å². The number of aromatic nitrogens is 3. The van der Waals surface area contributed by atoms with Crippen LogP contribution in [0.1, 0.15) is 87.6 Å². The van der Waals surface area contributed by atoms with Gasteiger partial charge in [0.05, 0.1) is 34.5 Å². The number of hydrogen-bond acceptors (Lipinski definition) is 10. The number of halogens is 2. The monoisotopic (exact) mass is 847 g/mol. The number of nitrogens with zero attached hydrogens (tertiary/aromatic N) is 5. The van der Waals surface area contributed by atoms with E-state index in [9.17, 15) is 9.00 Å². The van der Waals surface area contributed by atoms with Gasteiger partial charge >= 0.3 is 6.09 Å². The second-order valence-electron chi connectivity index (χ2n) is 17.9. The summed E-state index contributed by atoms with van der Waals surface area (Å²) in [6.45, 7) is 20.8. The highest BCUT2D eigenvalue weighted by atomic mass is 32.2. The average Bonchev–Trinajstić information content (AvgIpc) is 3.40. The van der Waals surface area contributed by atoms with Crippen molar-refractivity contribution in [1.82, 2.24) is 19.9 Å². The van der Waals surface area contributed by atoms with Crippen molar-refractivity contribution in [3.8, 4) is 34.4 Å². The molecule has 3 aliphatic rings. The molecule has 5 heterocycles. The summed E-state index contributed by atoms with van der Waals surface area (Å²) < 4.78 is 71.0. The Bertz CT molecular complexity index is 2390. The van der Waals surface area contributed by atoms with Crippen LogP contribution in [-0.4, -0.2) is 94.8 Å². The molecule has 15 heteroatoms. The van der Waals surface area contributed by atoms with Gasteiger partial charge < -0.3 is 23.8 Å². The highest BCUT2D eigenvalue weighted by Crippen LogP contribution is 2.48. The quantitative estimate of drug-likeness (QED) is 0.0736. The zero-order chi connectivity index (χ0) is 42.9. The van der Waals surface area contributed by atoms with Gasteiger partial charge in [0.15, 0.2) is 12.6 Å². The summed E-state index contributed by atoms with van der Waals surface area (Å²) >= 11 is 0. The number of pyridine rings is 1. The fourth-order valence-electron chi connectivity index (χ4n) is 9.86. The number of amides is 1. The number of hydrogen-bond donors (Lipinski definition) is 0. The summed E-state index contributed by atoms with van der Waals surface area (Å²) in [5.74, 6) is 2.67. The van der Waals surface area contributed by atoms with Gasteiger partial charge in [-0.05, 0) is 80.7 Å². The van der Waals surface area contributed by atoms with E-state index in [0.717, 1.165) is 6.42 Å². The van der Waals surface area contributed by atoms with Crippen LogP contribution in [0.2, 0.25) is 16.6 Å². The van der Waals surface area contributed by atoms with Crippen LogP contribution in [0.15, 0.2) is 29.4 Å². The van der Waals surface area contributed by atoms with Crippen LogP contribution in [0.25, 0.3) is 32.9 Å². The van der Waals surface area contributed by atoms with Crippen molar-refractivity contribution in [2.75, 3.05) is 31.6 Å². The molecule has 0 N–H and O–H groups in total. The third-order valence-electron chi connectivity index (χ3n) is 12.2. The predicted octanol–water partition coefficient (Wildman–Crippen LogP) is 9.15. The van der Waals surface area contributed by atoms with Gasteiger partial charge in [-0.2, -0.15) is 0 Å². The molecule has 1 amide bonds. The highest BCUT2D eigenvalue weighted by molar-refractivity contribution is 7.84. The maximum Gasteiger partial charge on any atom is 0.410 e. The fraction of sp³-hybridized carbons (Fsp3) is 0.545. The summed E-state index contributed by atoms with van der Waals surface area (Å²) in [6, 6.07) is 5.37. The van der Waals surface area contributed by atoms with Crippen molar-refractivity contribution in [3.63, 3.8) is 0 Å². The zero-order valence-electron chi connectivity index (χ0n) is 36.0. The van der Waals surface area contributed by atoms with Crippen LogP contribution >= 0.6 is 0 Å². The first-order valence-electron chi connectivity index (χ1n) is 20.4. The Morgan fingerprint density at radius 1 is 1.03 bits per heavy atom. The normalized spacial score (nSPS) is 20.8. The Morgan fingerprint density at radius 3 is 2.36 bits per heavy atom. The smallest absolute Gasteiger partial charge is 0.410 e. The molecule has 7 rings (SSSR count). The van der Waals surface area contributed by atoms with E-state index in [1.54, 1.807) is 18.2 Å². The van der Waals surface area contributed by atoms with E-state index in [4.69, 9.17) is 28.9 Å². The van der Waals surface area contributed by atoms with Crippen molar-refractivity contribution >= 4 is 52.5 Å². The molecule has 2 aromatic heterocycles. The molecule has 2 aromatic carbocycles. The number of carbonyl (C=O) groups is 1. The lowest BCUT2D eigenvalue weighted by Crippen LogP contribution is -2.65. The van der Waals surface area contributed by atoms with Crippen molar-refractivity contribution < 1.29 is 36.7 Å². The molecule has 0 spiro atoms. The lowest BCUT2D eigenvalue weighted by molar-refractivity contribution is 0.000942. The van der Waals surface area contributed by atoms with E-state index in [-0.39, 0.29) is 74.3 Å². The minimum absolute atomic E-state index is 0.0627. The van der Waals surface area contributed by atoms with Crippen LogP contribution < -0.4 is 14.4 Å². The number of fused-ring (bicyclic) bond motifs is 6. The number of methoxy groups -OCH3 is 1. The van der Waals surface area contributed by atoms with E-state index < -0.39 is 54.3 Å². The Labute approximate surface area is 349 Å². The van der Waals surface area contributed by atoms with E-state index >= 15 is 8.78 Å². The summed E-state index contributed by atoms with van der Waals surface area (Å²) in [7, 11) is -2.56. The maximum atomic E-state index is 17.7. The Balaban J connectivity index is 1.49. The molecule has 0 radical (unpaired) electrons. The average molecular weight is 848 g/mol. The molecule has 11 nitrogen and oxygen atoms in total. The molecule has 1 unspecified atom stereocenters. The van der Waals surface area contributed by atoms with Gasteiger partial charge in [0.2, 0.25) is 11.0 Å². The van der Waals surface area contributed by atoms with Crippen LogP contribution in [0, 0.1) is 23.1 Å². The minimum atomic E-state index is -2.34. The molecule has 59 heavy (non-hydrogen) atoms. The standard InChI is InChI=1S/C44H55F2N5O6SSi/c1-23(2)59(24(3)4,25(5)6)18-17-30-32(45)15-13-27-19-29(55-22-54-11)20-31(34(27)30)37-36(46)38-35-40(49-42(48-38)58(12)53)50-21-28-14-16-33(39(50)26(7)56-41(35)47-37)51(28)43(52)57-44(8,9)10/h13,15,19-20,23-26,28,33,39H,14,16,21-22H2,1-12H3/t26-,28+,33-,39+,58?/m0/s1. The number of piperazine rings is 1.